The zero-order valence-corrected chi connectivity index (χ0v) is 10.5. The Morgan fingerprint density at radius 1 is 0.632 bits per heavy atom. The molecule has 2 atom stereocenters. The average molecular weight is 246 g/mol. The molecule has 0 amide bonds. The molecule has 1 nitrogen and oxygen atoms in total. The molecule has 0 aliphatic heterocycles. The van der Waals surface area contributed by atoms with Crippen molar-refractivity contribution in [1.82, 2.24) is 0 Å². The second-order valence-corrected chi connectivity index (χ2v) is 4.95. The zero-order valence-electron chi connectivity index (χ0n) is 10.5. The second kappa shape index (κ2) is 4.22. The van der Waals surface area contributed by atoms with Crippen LogP contribution in [0.5, 0.6) is 0 Å². The summed E-state index contributed by atoms with van der Waals surface area (Å²) in [5.41, 5.74) is 5.06. The molecule has 0 bridgehead atoms. The Morgan fingerprint density at radius 2 is 1.11 bits per heavy atom. The van der Waals surface area contributed by atoms with Gasteiger partial charge in [-0.3, -0.25) is 0 Å². The average Bonchev–Trinajstić information content (AvgIpc) is 3.05. The summed E-state index contributed by atoms with van der Waals surface area (Å²) in [6.07, 6.45) is 8.70. The Balaban J connectivity index is 1.62. The Hall–Kier alpha value is -2.12. The van der Waals surface area contributed by atoms with Crippen molar-refractivity contribution in [3.05, 3.63) is 82.9 Å². The van der Waals surface area contributed by atoms with E-state index in [1.54, 1.807) is 0 Å². The van der Waals surface area contributed by atoms with Gasteiger partial charge in [0.1, 0.15) is 12.2 Å². The highest BCUT2D eigenvalue weighted by Crippen LogP contribution is 2.38. The summed E-state index contributed by atoms with van der Waals surface area (Å²) in [6, 6.07) is 16.8. The van der Waals surface area contributed by atoms with E-state index in [2.05, 4.69) is 72.8 Å². The van der Waals surface area contributed by atoms with Gasteiger partial charge in [0, 0.05) is 0 Å². The molecule has 0 aromatic heterocycles. The van der Waals surface area contributed by atoms with Crippen LogP contribution in [0.2, 0.25) is 0 Å². The van der Waals surface area contributed by atoms with Crippen LogP contribution in [-0.2, 0) is 4.74 Å². The van der Waals surface area contributed by atoms with Crippen LogP contribution in [-0.4, -0.2) is 0 Å². The molecule has 2 aromatic carbocycles. The van der Waals surface area contributed by atoms with Crippen molar-refractivity contribution in [2.24, 2.45) is 0 Å². The quantitative estimate of drug-likeness (QED) is 0.756. The van der Waals surface area contributed by atoms with E-state index in [1.165, 1.54) is 22.3 Å². The van der Waals surface area contributed by atoms with E-state index in [0.29, 0.717) is 0 Å². The molecule has 2 aliphatic rings. The number of ether oxygens (including phenoxy) is 1. The lowest BCUT2D eigenvalue weighted by Gasteiger charge is -2.18. The fourth-order valence-electron chi connectivity index (χ4n) is 2.83. The number of fused-ring (bicyclic) bond motifs is 2. The molecule has 2 aliphatic carbocycles. The summed E-state index contributed by atoms with van der Waals surface area (Å²) < 4.78 is 6.25. The van der Waals surface area contributed by atoms with Crippen molar-refractivity contribution < 1.29 is 4.74 Å². The van der Waals surface area contributed by atoms with Gasteiger partial charge in [0.25, 0.3) is 0 Å². The van der Waals surface area contributed by atoms with E-state index in [4.69, 9.17) is 4.74 Å². The van der Waals surface area contributed by atoms with Crippen LogP contribution >= 0.6 is 0 Å². The maximum atomic E-state index is 6.25. The van der Waals surface area contributed by atoms with Gasteiger partial charge in [0.05, 0.1) is 0 Å². The molecule has 2 unspecified atom stereocenters. The molecule has 2 aromatic rings. The lowest BCUT2D eigenvalue weighted by atomic mass is 10.1. The van der Waals surface area contributed by atoms with E-state index in [9.17, 15) is 0 Å². The van der Waals surface area contributed by atoms with Crippen molar-refractivity contribution in [2.45, 2.75) is 12.2 Å². The van der Waals surface area contributed by atoms with Gasteiger partial charge in [-0.15, -0.1) is 0 Å². The molecule has 0 radical (unpaired) electrons. The molecular formula is C18H14O. The molecule has 4 rings (SSSR count). The molecular weight excluding hydrogens is 232 g/mol. The smallest absolute Gasteiger partial charge is 0.103 e. The summed E-state index contributed by atoms with van der Waals surface area (Å²) in [5, 5.41) is 0. The third-order valence-electron chi connectivity index (χ3n) is 3.80. The van der Waals surface area contributed by atoms with Crippen molar-refractivity contribution in [3.63, 3.8) is 0 Å². The van der Waals surface area contributed by atoms with Crippen molar-refractivity contribution in [3.8, 4) is 0 Å². The van der Waals surface area contributed by atoms with Crippen LogP contribution < -0.4 is 0 Å². The highest BCUT2D eigenvalue weighted by atomic mass is 16.5. The van der Waals surface area contributed by atoms with Crippen LogP contribution in [0.4, 0.5) is 0 Å². The van der Waals surface area contributed by atoms with Crippen LogP contribution in [0.1, 0.15) is 34.5 Å². The fraction of sp³-hybridized carbons (Fsp3) is 0.111. The Labute approximate surface area is 112 Å². The Bertz CT molecular complexity index is 622. The van der Waals surface area contributed by atoms with Gasteiger partial charge in [-0.05, 0) is 22.3 Å². The summed E-state index contributed by atoms with van der Waals surface area (Å²) in [7, 11) is 0. The van der Waals surface area contributed by atoms with Crippen molar-refractivity contribution in [1.29, 1.82) is 0 Å². The molecule has 0 saturated carbocycles. The standard InChI is InChI=1S/C18H14O/c1-3-7-15-13(5-1)9-11-17(15)19-18-12-10-14-6-2-4-8-16(14)18/h1-12,17-18H. The SMILES string of the molecule is C1=CC(OC2C=Cc3ccccc32)c2ccccc21. The highest BCUT2D eigenvalue weighted by Gasteiger charge is 2.24. The first-order valence-electron chi connectivity index (χ1n) is 6.61. The second-order valence-electron chi connectivity index (χ2n) is 4.95. The maximum Gasteiger partial charge on any atom is 0.103 e. The zero-order chi connectivity index (χ0) is 12.7. The summed E-state index contributed by atoms with van der Waals surface area (Å²) >= 11 is 0. The number of hydrogen-bond acceptors (Lipinski definition) is 1. The van der Waals surface area contributed by atoms with Gasteiger partial charge in [-0.1, -0.05) is 72.8 Å². The monoisotopic (exact) mass is 246 g/mol. The number of hydrogen-bond donors (Lipinski definition) is 0. The van der Waals surface area contributed by atoms with Gasteiger partial charge in [0.2, 0.25) is 0 Å². The van der Waals surface area contributed by atoms with Gasteiger partial charge in [0.15, 0.2) is 0 Å². The van der Waals surface area contributed by atoms with Crippen molar-refractivity contribution >= 4 is 12.2 Å². The van der Waals surface area contributed by atoms with E-state index in [-0.39, 0.29) is 12.2 Å². The molecule has 1 heteroatoms. The van der Waals surface area contributed by atoms with Crippen LogP contribution in [0, 0.1) is 0 Å². The lowest BCUT2D eigenvalue weighted by molar-refractivity contribution is 0.0435. The Kier molecular flexibility index (Phi) is 2.39. The summed E-state index contributed by atoms with van der Waals surface area (Å²) in [6.45, 7) is 0. The van der Waals surface area contributed by atoms with Crippen LogP contribution in [0.25, 0.3) is 12.2 Å². The molecule has 19 heavy (non-hydrogen) atoms. The first kappa shape index (κ1) is 10.8. The molecule has 0 fully saturated rings. The van der Waals surface area contributed by atoms with E-state index in [1.807, 2.05) is 0 Å². The van der Waals surface area contributed by atoms with E-state index < -0.39 is 0 Å². The van der Waals surface area contributed by atoms with E-state index in [0.717, 1.165) is 0 Å². The van der Waals surface area contributed by atoms with Crippen LogP contribution in [0.15, 0.2) is 60.7 Å². The van der Waals surface area contributed by atoms with Crippen LogP contribution in [0.3, 0.4) is 0 Å². The third-order valence-corrected chi connectivity index (χ3v) is 3.80. The van der Waals surface area contributed by atoms with Gasteiger partial charge < -0.3 is 4.74 Å². The predicted molar refractivity (Wildman–Crippen MR) is 77.5 cm³/mol. The first-order chi connectivity index (χ1) is 9.42. The molecule has 0 N–H and O–H groups in total. The maximum absolute atomic E-state index is 6.25. The first-order valence-corrected chi connectivity index (χ1v) is 6.61. The third kappa shape index (κ3) is 1.74. The predicted octanol–water partition coefficient (Wildman–Crippen LogP) is 4.54. The summed E-state index contributed by atoms with van der Waals surface area (Å²) in [4.78, 5) is 0. The van der Waals surface area contributed by atoms with Gasteiger partial charge in [-0.25, -0.2) is 0 Å². The van der Waals surface area contributed by atoms with Gasteiger partial charge in [-0.2, -0.15) is 0 Å². The normalized spacial score (nSPS) is 22.5. The highest BCUT2D eigenvalue weighted by molar-refractivity contribution is 5.63. The Morgan fingerprint density at radius 3 is 1.63 bits per heavy atom. The largest absolute Gasteiger partial charge is 0.357 e. The summed E-state index contributed by atoms with van der Waals surface area (Å²) in [5.74, 6) is 0. The molecule has 0 spiro atoms. The van der Waals surface area contributed by atoms with E-state index >= 15 is 0 Å². The lowest BCUT2D eigenvalue weighted by Crippen LogP contribution is -2.04. The minimum atomic E-state index is 0.0667. The minimum Gasteiger partial charge on any atom is -0.357 e. The minimum absolute atomic E-state index is 0.0667. The molecule has 0 heterocycles. The fourth-order valence-corrected chi connectivity index (χ4v) is 2.83. The molecule has 0 saturated heterocycles. The van der Waals surface area contributed by atoms with Gasteiger partial charge >= 0.3 is 0 Å². The number of benzene rings is 2. The topological polar surface area (TPSA) is 9.23 Å². The van der Waals surface area contributed by atoms with Crippen molar-refractivity contribution in [2.75, 3.05) is 0 Å². The number of rotatable bonds is 2. The molecule has 92 valence electrons.